The van der Waals surface area contributed by atoms with E-state index in [2.05, 4.69) is 158 Å². The SMILES string of the molecule is COC(=O)c1cc(Nc2nccc(-c3ncc(C)s3)n2)cc(C(=O)OC)c1.COc1cc(Nc2nccc(-c3ncc(C)s3)n2)cc(OC)c1OC.Cc1cc(C)cc(Nc2nccc(-c3nc(C)c(CCO)s3)n2)c1.Cc1cnc(-c2ccnc(Nc3ccc(C(C)(C)C)cc3)n2)s1. The molecule has 510 valence electrons. The Bertz CT molecular complexity index is 4650. The molecule has 0 aliphatic carbocycles. The third-order valence-corrected chi connectivity index (χ3v) is 18.1. The number of hydrogen-bond acceptors (Lipinski definition) is 28. The van der Waals surface area contributed by atoms with Gasteiger partial charge in [0.15, 0.2) is 11.5 Å². The largest absolute Gasteiger partial charge is 0.493 e. The number of aromatic nitrogens is 12. The number of thiazole rings is 4. The number of aryl methyl sites for hydroxylation is 6. The fourth-order valence-electron chi connectivity index (χ4n) is 9.38. The van der Waals surface area contributed by atoms with Crippen molar-refractivity contribution >= 4 is 104 Å². The van der Waals surface area contributed by atoms with Crippen LogP contribution >= 0.6 is 45.3 Å². The first kappa shape index (κ1) is 72.5. The molecule has 28 heteroatoms. The van der Waals surface area contributed by atoms with Crippen LogP contribution in [0.5, 0.6) is 17.2 Å². The summed E-state index contributed by atoms with van der Waals surface area (Å²) in [5, 5.41) is 25.2. The van der Waals surface area contributed by atoms with Crippen LogP contribution in [0.2, 0.25) is 0 Å². The van der Waals surface area contributed by atoms with E-state index >= 15 is 0 Å². The standard InChI is InChI=1S/C18H16N4O4S.C18H20N4OS.C18H20N4S.C17H18N4O3S/c1-10-9-20-15(27-10)14-4-5-19-18(22-14)21-13-7-11(16(23)25-2)6-12(8-13)17(24)26-3;1-11-8-12(2)10-14(9-11)21-18-19-6-4-15(22-18)17-20-13(3)16(24-17)5-7-23;1-12-11-20-16(23-12)15-9-10-19-17(22-15)21-14-7-5-13(6-8-14)18(2,3)4;1-10-9-19-16(25-10)12-5-6-18-17(21-12)20-11-7-13(22-2)15(24-4)14(8-11)23-3/h4-9H,1-3H3,(H,19,21,22);4,6,8-10,23H,5,7H2,1-3H3,(H,19,21,22);5-11H,1-4H3,(H,19,21,22);5-9H,1-4H3,(H,18,20,21). The molecule has 5 N–H and O–H groups in total. The van der Waals surface area contributed by atoms with Gasteiger partial charge in [0.05, 0.1) is 52.4 Å². The molecule has 8 heterocycles. The van der Waals surface area contributed by atoms with E-state index in [0.717, 1.165) is 74.5 Å². The minimum Gasteiger partial charge on any atom is -0.493 e. The number of anilines is 8. The molecule has 0 aliphatic rings. The van der Waals surface area contributed by atoms with Gasteiger partial charge in [-0.1, -0.05) is 39.0 Å². The fraction of sp³-hybridized carbons (Fsp3) is 0.239. The number of nitrogens with zero attached hydrogens (tertiary/aromatic N) is 12. The van der Waals surface area contributed by atoms with E-state index < -0.39 is 11.9 Å². The number of hydrogen-bond donors (Lipinski definition) is 5. The van der Waals surface area contributed by atoms with Gasteiger partial charge in [0, 0.05) is 111 Å². The lowest BCUT2D eigenvalue weighted by Crippen LogP contribution is -2.10. The Balaban J connectivity index is 0.000000154. The molecule has 0 unspecified atom stereocenters. The number of carbonyl (C=O) groups excluding carboxylic acids is 2. The molecule has 0 amide bonds. The average Bonchev–Trinajstić information content (AvgIpc) is 1.81. The Morgan fingerprint density at radius 1 is 0.434 bits per heavy atom. The number of rotatable bonds is 19. The summed E-state index contributed by atoms with van der Waals surface area (Å²) in [5.74, 6) is 2.38. The van der Waals surface area contributed by atoms with E-state index in [1.54, 1.807) is 117 Å². The summed E-state index contributed by atoms with van der Waals surface area (Å²) in [5.41, 5.74) is 11.4. The highest BCUT2D eigenvalue weighted by Gasteiger charge is 2.19. The van der Waals surface area contributed by atoms with Crippen LogP contribution in [0.4, 0.5) is 46.5 Å². The topological polar surface area (TPSA) is 303 Å². The van der Waals surface area contributed by atoms with Crippen molar-refractivity contribution in [3.63, 3.8) is 0 Å². The Morgan fingerprint density at radius 3 is 1.17 bits per heavy atom. The molecular formula is C71H74N16O8S4. The monoisotopic (exact) mass is 1410 g/mol. The Labute approximate surface area is 589 Å². The van der Waals surface area contributed by atoms with Gasteiger partial charge in [-0.15, -0.1) is 45.3 Å². The molecule has 12 aromatic rings. The van der Waals surface area contributed by atoms with Crippen LogP contribution in [-0.2, 0) is 21.3 Å². The maximum atomic E-state index is 11.9. The zero-order valence-electron chi connectivity index (χ0n) is 57.0. The summed E-state index contributed by atoms with van der Waals surface area (Å²) in [6, 6.07) is 30.1. The minimum atomic E-state index is -0.572. The molecule has 99 heavy (non-hydrogen) atoms. The predicted octanol–water partition coefficient (Wildman–Crippen LogP) is 15.7. The van der Waals surface area contributed by atoms with Crippen LogP contribution in [0, 0.1) is 41.5 Å². The van der Waals surface area contributed by atoms with E-state index in [-0.39, 0.29) is 23.1 Å². The van der Waals surface area contributed by atoms with Crippen LogP contribution in [0.15, 0.2) is 140 Å². The Hall–Kier alpha value is -10.8. The normalized spacial score (nSPS) is 10.7. The van der Waals surface area contributed by atoms with Crippen molar-refractivity contribution in [1.29, 1.82) is 0 Å². The van der Waals surface area contributed by atoms with E-state index in [1.165, 1.54) is 53.2 Å². The molecule has 24 nitrogen and oxygen atoms in total. The number of ether oxygens (including phenoxy) is 5. The highest BCUT2D eigenvalue weighted by atomic mass is 32.1. The van der Waals surface area contributed by atoms with Crippen molar-refractivity contribution in [1.82, 2.24) is 59.8 Å². The molecule has 4 aromatic carbocycles. The lowest BCUT2D eigenvalue weighted by atomic mass is 9.87. The smallest absolute Gasteiger partial charge is 0.337 e. The van der Waals surface area contributed by atoms with Crippen LogP contribution in [0.3, 0.4) is 0 Å². The second kappa shape index (κ2) is 33.9. The van der Waals surface area contributed by atoms with Crippen molar-refractivity contribution in [3.8, 4) is 60.1 Å². The van der Waals surface area contributed by atoms with Crippen LogP contribution < -0.4 is 35.5 Å². The molecule has 12 rings (SSSR count). The Morgan fingerprint density at radius 2 is 0.818 bits per heavy atom. The Kier molecular flexibility index (Phi) is 24.8. The molecule has 0 spiro atoms. The van der Waals surface area contributed by atoms with Crippen molar-refractivity contribution in [2.24, 2.45) is 0 Å². The molecule has 0 bridgehead atoms. The highest BCUT2D eigenvalue weighted by Crippen LogP contribution is 2.41. The van der Waals surface area contributed by atoms with Gasteiger partial charge in [-0.2, -0.15) is 0 Å². The van der Waals surface area contributed by atoms with Crippen LogP contribution in [-0.4, -0.2) is 119 Å². The first-order chi connectivity index (χ1) is 47.6. The van der Waals surface area contributed by atoms with Gasteiger partial charge in [0.2, 0.25) is 29.5 Å². The van der Waals surface area contributed by atoms with Gasteiger partial charge in [-0.05, 0) is 130 Å². The summed E-state index contributed by atoms with van der Waals surface area (Å²) in [6.45, 7) is 18.9. The number of benzene rings is 4. The highest BCUT2D eigenvalue weighted by molar-refractivity contribution is 7.15. The minimum absolute atomic E-state index is 0.131. The molecule has 0 fully saturated rings. The lowest BCUT2D eigenvalue weighted by Gasteiger charge is -2.19. The van der Waals surface area contributed by atoms with Crippen molar-refractivity contribution in [2.45, 2.75) is 74.1 Å². The lowest BCUT2D eigenvalue weighted by molar-refractivity contribution is 0.0599. The molecule has 0 saturated heterocycles. The zero-order chi connectivity index (χ0) is 70.8. The summed E-state index contributed by atoms with van der Waals surface area (Å²) in [7, 11) is 7.24. The van der Waals surface area contributed by atoms with Gasteiger partial charge in [0.1, 0.15) is 42.8 Å². The van der Waals surface area contributed by atoms with Gasteiger partial charge >= 0.3 is 11.9 Å². The number of aliphatic hydroxyl groups is 1. The van der Waals surface area contributed by atoms with Crippen molar-refractivity contribution < 1.29 is 38.4 Å². The zero-order valence-corrected chi connectivity index (χ0v) is 60.3. The van der Waals surface area contributed by atoms with E-state index in [9.17, 15) is 9.59 Å². The van der Waals surface area contributed by atoms with Gasteiger partial charge < -0.3 is 50.1 Å². The number of carbonyl (C=O) groups is 2. The van der Waals surface area contributed by atoms with Gasteiger partial charge in [-0.3, -0.25) is 0 Å². The van der Waals surface area contributed by atoms with Crippen molar-refractivity contribution in [3.05, 3.63) is 193 Å². The maximum absolute atomic E-state index is 11.9. The maximum Gasteiger partial charge on any atom is 0.337 e. The summed E-state index contributed by atoms with van der Waals surface area (Å²) < 4.78 is 25.5. The molecule has 0 aliphatic heterocycles. The quantitative estimate of drug-likeness (QED) is 0.0470. The molecule has 0 saturated carbocycles. The average molecular weight is 1410 g/mol. The van der Waals surface area contributed by atoms with Crippen LogP contribution in [0.1, 0.15) is 83.4 Å². The molecule has 8 aromatic heterocycles. The third-order valence-electron chi connectivity index (χ3n) is 14.0. The first-order valence-corrected chi connectivity index (χ1v) is 33.9. The number of nitrogens with one attached hydrogen (secondary N) is 4. The fourth-order valence-corrected chi connectivity index (χ4v) is 12.6. The number of aliphatic hydroxyl groups excluding tert-OH is 1. The van der Waals surface area contributed by atoms with Gasteiger partial charge in [0.25, 0.3) is 0 Å². The summed E-state index contributed by atoms with van der Waals surface area (Å²) >= 11 is 6.31. The van der Waals surface area contributed by atoms with E-state index in [1.807, 2.05) is 58.3 Å². The summed E-state index contributed by atoms with van der Waals surface area (Å²) in [4.78, 5) is 80.9. The van der Waals surface area contributed by atoms with E-state index in [4.69, 9.17) is 28.8 Å². The second-order valence-corrected chi connectivity index (χ2v) is 27.6. The number of esters is 2. The predicted molar refractivity (Wildman–Crippen MR) is 392 cm³/mol. The summed E-state index contributed by atoms with van der Waals surface area (Å²) in [6.07, 6.45) is 12.9. The van der Waals surface area contributed by atoms with Crippen molar-refractivity contribution in [2.75, 3.05) is 63.4 Å². The first-order valence-electron chi connectivity index (χ1n) is 30.7. The molecular weight excluding hydrogens is 1330 g/mol. The van der Waals surface area contributed by atoms with E-state index in [0.29, 0.717) is 58.8 Å². The molecule has 0 radical (unpaired) electrons. The third kappa shape index (κ3) is 20.2. The second-order valence-electron chi connectivity index (χ2n) is 22.8. The molecule has 0 atom stereocenters. The van der Waals surface area contributed by atoms with Gasteiger partial charge in [-0.25, -0.2) is 69.4 Å². The van der Waals surface area contributed by atoms with Crippen LogP contribution in [0.25, 0.3) is 42.8 Å². The number of methoxy groups -OCH3 is 5.